The van der Waals surface area contributed by atoms with Gasteiger partial charge in [-0.25, -0.2) is 4.79 Å². The van der Waals surface area contributed by atoms with Gasteiger partial charge in [0.15, 0.2) is 0 Å². The highest BCUT2D eigenvalue weighted by molar-refractivity contribution is 6.11. The first-order valence-corrected chi connectivity index (χ1v) is 4.56. The fourth-order valence-corrected chi connectivity index (χ4v) is 1.36. The molecular formula is C11H8N2O3. The molecule has 80 valence electrons. The van der Waals surface area contributed by atoms with Gasteiger partial charge in [-0.2, -0.15) is 0 Å². The first-order chi connectivity index (χ1) is 7.70. The van der Waals surface area contributed by atoms with Crippen LogP contribution in [-0.4, -0.2) is 26.8 Å². The lowest BCUT2D eigenvalue weighted by Crippen LogP contribution is -2.11. The van der Waals surface area contributed by atoms with Gasteiger partial charge in [-0.05, 0) is 24.3 Å². The maximum Gasteiger partial charge on any atom is 0.338 e. The Bertz CT molecular complexity index is 532. The number of aromatic carboxylic acids is 1. The van der Waals surface area contributed by atoms with Crippen molar-refractivity contribution in [1.82, 2.24) is 9.97 Å². The summed E-state index contributed by atoms with van der Waals surface area (Å²) in [6, 6.07) is 6.07. The van der Waals surface area contributed by atoms with E-state index in [1.807, 2.05) is 0 Å². The second-order valence-electron chi connectivity index (χ2n) is 3.12. The van der Waals surface area contributed by atoms with E-state index in [4.69, 9.17) is 5.11 Å². The van der Waals surface area contributed by atoms with Crippen LogP contribution in [0.1, 0.15) is 26.5 Å². The summed E-state index contributed by atoms with van der Waals surface area (Å²) in [4.78, 5) is 29.3. The first-order valence-electron chi connectivity index (χ1n) is 4.56. The van der Waals surface area contributed by atoms with Gasteiger partial charge in [-0.3, -0.25) is 9.78 Å². The number of nitrogens with zero attached hydrogens (tertiary/aromatic N) is 1. The number of aromatic nitrogens is 2. The Balaban J connectivity index is 2.49. The van der Waals surface area contributed by atoms with Crippen LogP contribution in [0.4, 0.5) is 0 Å². The van der Waals surface area contributed by atoms with Crippen molar-refractivity contribution in [2.75, 3.05) is 0 Å². The molecule has 2 aromatic heterocycles. The Morgan fingerprint density at radius 3 is 2.69 bits per heavy atom. The summed E-state index contributed by atoms with van der Waals surface area (Å²) in [5, 5.41) is 8.91. The third-order valence-corrected chi connectivity index (χ3v) is 2.10. The van der Waals surface area contributed by atoms with Gasteiger partial charge in [0.25, 0.3) is 0 Å². The number of carboxylic acids is 1. The second-order valence-corrected chi connectivity index (χ2v) is 3.12. The molecule has 2 N–H and O–H groups in total. The molecule has 2 heterocycles. The standard InChI is InChI=1S/C11H8N2O3/c14-10(8-4-2-5-12-8)9-7(11(15)16)3-1-6-13-9/h1-6,12H,(H,15,16). The number of carbonyl (C=O) groups is 2. The number of H-pyrrole nitrogens is 1. The van der Waals surface area contributed by atoms with E-state index >= 15 is 0 Å². The number of ketones is 1. The van der Waals surface area contributed by atoms with Crippen molar-refractivity contribution in [3.05, 3.63) is 53.6 Å². The number of carboxylic acid groups (broad SMARTS) is 1. The molecule has 0 aliphatic rings. The van der Waals surface area contributed by atoms with E-state index in [0.29, 0.717) is 5.69 Å². The molecule has 0 aliphatic heterocycles. The van der Waals surface area contributed by atoms with Crippen molar-refractivity contribution in [1.29, 1.82) is 0 Å². The van der Waals surface area contributed by atoms with Gasteiger partial charge in [0.05, 0.1) is 11.3 Å². The van der Waals surface area contributed by atoms with Crippen LogP contribution in [0.25, 0.3) is 0 Å². The predicted octanol–water partition coefficient (Wildman–Crippen LogP) is 1.34. The summed E-state index contributed by atoms with van der Waals surface area (Å²) in [7, 11) is 0. The summed E-state index contributed by atoms with van der Waals surface area (Å²) < 4.78 is 0. The molecule has 0 amide bonds. The molecule has 0 bridgehead atoms. The molecule has 0 atom stereocenters. The largest absolute Gasteiger partial charge is 0.478 e. The molecule has 16 heavy (non-hydrogen) atoms. The SMILES string of the molecule is O=C(O)c1cccnc1C(=O)c1ccc[nH]1. The third kappa shape index (κ3) is 1.70. The van der Waals surface area contributed by atoms with Crippen LogP contribution in [0, 0.1) is 0 Å². The van der Waals surface area contributed by atoms with Crippen molar-refractivity contribution in [3.63, 3.8) is 0 Å². The van der Waals surface area contributed by atoms with Crippen LogP contribution in [0.2, 0.25) is 0 Å². The minimum Gasteiger partial charge on any atom is -0.478 e. The normalized spacial score (nSPS) is 10.0. The van der Waals surface area contributed by atoms with Crippen LogP contribution in [-0.2, 0) is 0 Å². The Hall–Kier alpha value is -2.43. The lowest BCUT2D eigenvalue weighted by Gasteiger charge is -2.01. The fourth-order valence-electron chi connectivity index (χ4n) is 1.36. The van der Waals surface area contributed by atoms with Crippen LogP contribution >= 0.6 is 0 Å². The average Bonchev–Trinajstić information content (AvgIpc) is 2.81. The molecule has 0 spiro atoms. The zero-order valence-electron chi connectivity index (χ0n) is 8.18. The van der Waals surface area contributed by atoms with Crippen molar-refractivity contribution in [3.8, 4) is 0 Å². The fraction of sp³-hybridized carbons (Fsp3) is 0. The minimum absolute atomic E-state index is 0.0579. The molecular weight excluding hydrogens is 208 g/mol. The average molecular weight is 216 g/mol. The van der Waals surface area contributed by atoms with E-state index in [1.165, 1.54) is 18.3 Å². The highest BCUT2D eigenvalue weighted by Gasteiger charge is 2.19. The smallest absolute Gasteiger partial charge is 0.338 e. The highest BCUT2D eigenvalue weighted by atomic mass is 16.4. The quantitative estimate of drug-likeness (QED) is 0.758. The number of pyridine rings is 1. The van der Waals surface area contributed by atoms with Crippen LogP contribution in [0.15, 0.2) is 36.7 Å². The number of aromatic amines is 1. The van der Waals surface area contributed by atoms with E-state index in [-0.39, 0.29) is 11.3 Å². The molecule has 0 aliphatic carbocycles. The number of carbonyl (C=O) groups excluding carboxylic acids is 1. The topological polar surface area (TPSA) is 83.0 Å². The summed E-state index contributed by atoms with van der Waals surface area (Å²) in [5.74, 6) is -1.59. The van der Waals surface area contributed by atoms with Gasteiger partial charge in [-0.15, -0.1) is 0 Å². The van der Waals surface area contributed by atoms with Crippen LogP contribution in [0.5, 0.6) is 0 Å². The second kappa shape index (κ2) is 3.98. The summed E-state index contributed by atoms with van der Waals surface area (Å²) in [6.07, 6.45) is 2.99. The van der Waals surface area contributed by atoms with Gasteiger partial charge in [0.2, 0.25) is 5.78 Å². The lowest BCUT2D eigenvalue weighted by atomic mass is 10.1. The predicted molar refractivity (Wildman–Crippen MR) is 55.4 cm³/mol. The molecule has 0 unspecified atom stereocenters. The number of hydrogen-bond donors (Lipinski definition) is 2. The molecule has 0 saturated carbocycles. The number of rotatable bonds is 3. The Morgan fingerprint density at radius 2 is 2.06 bits per heavy atom. The molecule has 2 aromatic rings. The summed E-state index contributed by atoms with van der Waals surface area (Å²) in [5.41, 5.74) is 0.167. The maximum absolute atomic E-state index is 11.9. The maximum atomic E-state index is 11.9. The number of hydrogen-bond acceptors (Lipinski definition) is 3. The molecule has 0 fully saturated rings. The van der Waals surface area contributed by atoms with Gasteiger partial charge >= 0.3 is 5.97 Å². The summed E-state index contributed by atoms with van der Waals surface area (Å²) in [6.45, 7) is 0. The number of nitrogens with one attached hydrogen (secondary N) is 1. The first kappa shape index (κ1) is 10.1. The van der Waals surface area contributed by atoms with E-state index < -0.39 is 11.8 Å². The molecule has 5 heteroatoms. The monoisotopic (exact) mass is 216 g/mol. The summed E-state index contributed by atoms with van der Waals surface area (Å²) >= 11 is 0. The Kier molecular flexibility index (Phi) is 2.51. The van der Waals surface area contributed by atoms with E-state index in [9.17, 15) is 9.59 Å². The van der Waals surface area contributed by atoms with Crippen LogP contribution in [0.3, 0.4) is 0 Å². The highest BCUT2D eigenvalue weighted by Crippen LogP contribution is 2.10. The van der Waals surface area contributed by atoms with Crippen LogP contribution < -0.4 is 0 Å². The third-order valence-electron chi connectivity index (χ3n) is 2.10. The zero-order chi connectivity index (χ0) is 11.5. The van der Waals surface area contributed by atoms with Gasteiger partial charge in [0.1, 0.15) is 5.69 Å². The van der Waals surface area contributed by atoms with Gasteiger partial charge in [0, 0.05) is 12.4 Å². The molecule has 0 radical (unpaired) electrons. The van der Waals surface area contributed by atoms with Crippen molar-refractivity contribution >= 4 is 11.8 Å². The van der Waals surface area contributed by atoms with Crippen molar-refractivity contribution in [2.24, 2.45) is 0 Å². The zero-order valence-corrected chi connectivity index (χ0v) is 8.18. The van der Waals surface area contributed by atoms with Gasteiger partial charge < -0.3 is 10.1 Å². The minimum atomic E-state index is -1.16. The molecule has 2 rings (SSSR count). The van der Waals surface area contributed by atoms with E-state index in [2.05, 4.69) is 9.97 Å². The molecule has 0 aromatic carbocycles. The van der Waals surface area contributed by atoms with E-state index in [0.717, 1.165) is 0 Å². The van der Waals surface area contributed by atoms with Gasteiger partial charge in [-0.1, -0.05) is 0 Å². The molecule has 5 nitrogen and oxygen atoms in total. The Labute approximate surface area is 90.8 Å². The lowest BCUT2D eigenvalue weighted by molar-refractivity contribution is 0.0692. The Morgan fingerprint density at radius 1 is 1.25 bits per heavy atom. The van der Waals surface area contributed by atoms with Crippen molar-refractivity contribution < 1.29 is 14.7 Å². The van der Waals surface area contributed by atoms with E-state index in [1.54, 1.807) is 18.3 Å². The molecule has 0 saturated heterocycles. The van der Waals surface area contributed by atoms with Crippen molar-refractivity contribution in [2.45, 2.75) is 0 Å².